The first-order chi connectivity index (χ1) is 21.3. The van der Waals surface area contributed by atoms with Gasteiger partial charge in [0.25, 0.3) is 5.91 Å². The first kappa shape index (κ1) is 31.8. The number of rotatable bonds is 14. The third-order valence-corrected chi connectivity index (χ3v) is 6.80. The van der Waals surface area contributed by atoms with Gasteiger partial charge in [-0.2, -0.15) is 9.65 Å². The summed E-state index contributed by atoms with van der Waals surface area (Å²) in [6.07, 6.45) is 6.18. The molecule has 0 fully saturated rings. The second-order valence-corrected chi connectivity index (χ2v) is 9.73. The van der Waals surface area contributed by atoms with E-state index in [1.165, 1.54) is 24.5 Å². The molecule has 44 heavy (non-hydrogen) atoms. The molecule has 230 valence electrons. The van der Waals surface area contributed by atoms with Crippen molar-refractivity contribution >= 4 is 29.0 Å². The molecular weight excluding hydrogens is 572 g/mol. The molecule has 0 bridgehead atoms. The molecule has 1 atom stereocenters. The van der Waals surface area contributed by atoms with Crippen LogP contribution in [0.5, 0.6) is 5.75 Å². The Bertz CT molecular complexity index is 1690. The minimum atomic E-state index is -1.20. The fourth-order valence-corrected chi connectivity index (χ4v) is 4.54. The van der Waals surface area contributed by atoms with Crippen LogP contribution >= 0.6 is 0 Å². The van der Waals surface area contributed by atoms with Gasteiger partial charge in [0.1, 0.15) is 6.07 Å². The number of hydrogen-bond donors (Lipinski definition) is 5. The monoisotopic (exact) mass is 605 g/mol. The number of nitriles is 1. The number of amides is 2. The second kappa shape index (κ2) is 14.9. The van der Waals surface area contributed by atoms with Crippen LogP contribution in [0.4, 0.5) is 20.3 Å². The third-order valence-electron chi connectivity index (χ3n) is 6.80. The van der Waals surface area contributed by atoms with E-state index >= 15 is 0 Å². The molecule has 0 radical (unpaired) electrons. The number of nitrogens with two attached hydrogens (primary N) is 2. The number of hydrogen-bond acceptors (Lipinski definition) is 9. The number of nitrogens with one attached hydrogen (secondary N) is 3. The standard InChI is InChI=1S/C30H33F2N9O3/c1-2-18-16-19(5-6-20(18)29(42)37-11-12-38-30(43)22(35)4-3-9-33)40-27-28-39-17-23(41(28)14-13-36-27)21-7-8-24(44-15-10-34)26(32)25(21)31/h5-8,13-14,16-17,22H,2-4,9,11-12,15,33,35H2,1H3,(H,36,40)(H,37,42)(H,38,43)/t22-/m0/s1. The average molecular weight is 606 g/mol. The highest BCUT2D eigenvalue weighted by Gasteiger charge is 2.20. The lowest BCUT2D eigenvalue weighted by Gasteiger charge is -2.14. The molecule has 14 heteroatoms. The lowest BCUT2D eigenvalue weighted by molar-refractivity contribution is -0.122. The normalized spacial score (nSPS) is 11.5. The van der Waals surface area contributed by atoms with Crippen LogP contribution in [0.15, 0.2) is 48.9 Å². The van der Waals surface area contributed by atoms with Crippen LogP contribution in [0, 0.1) is 23.0 Å². The summed E-state index contributed by atoms with van der Waals surface area (Å²) in [5, 5.41) is 17.3. The zero-order chi connectivity index (χ0) is 31.6. The molecule has 2 amide bonds. The van der Waals surface area contributed by atoms with E-state index in [0.717, 1.165) is 5.56 Å². The Morgan fingerprint density at radius 1 is 1.14 bits per heavy atom. The molecule has 0 saturated heterocycles. The van der Waals surface area contributed by atoms with Gasteiger partial charge in [-0.05, 0) is 61.7 Å². The molecule has 2 heterocycles. The summed E-state index contributed by atoms with van der Waals surface area (Å²) in [6.45, 7) is 2.43. The summed E-state index contributed by atoms with van der Waals surface area (Å²) in [7, 11) is 0. The van der Waals surface area contributed by atoms with E-state index in [-0.39, 0.29) is 41.9 Å². The van der Waals surface area contributed by atoms with Gasteiger partial charge in [-0.25, -0.2) is 14.4 Å². The van der Waals surface area contributed by atoms with E-state index in [0.29, 0.717) is 48.5 Å². The summed E-state index contributed by atoms with van der Waals surface area (Å²) in [4.78, 5) is 33.6. The van der Waals surface area contributed by atoms with Crippen molar-refractivity contribution in [2.24, 2.45) is 11.5 Å². The van der Waals surface area contributed by atoms with Gasteiger partial charge in [-0.15, -0.1) is 0 Å². The van der Waals surface area contributed by atoms with Gasteiger partial charge in [0, 0.05) is 42.3 Å². The van der Waals surface area contributed by atoms with Crippen molar-refractivity contribution in [1.29, 1.82) is 5.26 Å². The summed E-state index contributed by atoms with van der Waals surface area (Å²) in [5.41, 5.74) is 13.8. The number of aryl methyl sites for hydroxylation is 1. The predicted molar refractivity (Wildman–Crippen MR) is 160 cm³/mol. The summed E-state index contributed by atoms with van der Waals surface area (Å²) < 4.78 is 36.0. The van der Waals surface area contributed by atoms with E-state index in [1.807, 2.05) is 13.0 Å². The Labute approximate surface area is 252 Å². The highest BCUT2D eigenvalue weighted by molar-refractivity contribution is 5.96. The minimum absolute atomic E-state index is 0.0471. The van der Waals surface area contributed by atoms with Gasteiger partial charge in [0.15, 0.2) is 29.6 Å². The van der Waals surface area contributed by atoms with Crippen LogP contribution in [0.25, 0.3) is 16.9 Å². The molecule has 4 rings (SSSR count). The predicted octanol–water partition coefficient (Wildman–Crippen LogP) is 2.80. The molecule has 2 aromatic heterocycles. The van der Waals surface area contributed by atoms with Crippen molar-refractivity contribution in [2.45, 2.75) is 32.2 Å². The lowest BCUT2D eigenvalue weighted by atomic mass is 10.0. The van der Waals surface area contributed by atoms with Gasteiger partial charge in [-0.1, -0.05) is 6.92 Å². The number of fused-ring (bicyclic) bond motifs is 1. The van der Waals surface area contributed by atoms with Gasteiger partial charge in [-0.3, -0.25) is 14.0 Å². The molecule has 0 spiro atoms. The summed E-state index contributed by atoms with van der Waals surface area (Å²) in [6, 6.07) is 8.90. The zero-order valence-electron chi connectivity index (χ0n) is 24.1. The van der Waals surface area contributed by atoms with Crippen molar-refractivity contribution in [3.8, 4) is 23.1 Å². The molecule has 0 aliphatic heterocycles. The van der Waals surface area contributed by atoms with E-state index in [2.05, 4.69) is 25.9 Å². The zero-order valence-corrected chi connectivity index (χ0v) is 24.1. The van der Waals surface area contributed by atoms with Crippen LogP contribution in [0.3, 0.4) is 0 Å². The van der Waals surface area contributed by atoms with Crippen LogP contribution in [0.2, 0.25) is 0 Å². The molecule has 0 aliphatic carbocycles. The van der Waals surface area contributed by atoms with Crippen LogP contribution in [-0.4, -0.2) is 58.5 Å². The summed E-state index contributed by atoms with van der Waals surface area (Å²) in [5.74, 6) is -2.92. The Morgan fingerprint density at radius 3 is 2.68 bits per heavy atom. The molecule has 0 unspecified atom stereocenters. The number of carbonyl (C=O) groups excluding carboxylic acids is 2. The largest absolute Gasteiger partial charge is 0.476 e. The third kappa shape index (κ3) is 7.25. The molecule has 12 nitrogen and oxygen atoms in total. The van der Waals surface area contributed by atoms with E-state index < -0.39 is 24.3 Å². The number of imidazole rings is 1. The van der Waals surface area contributed by atoms with Crippen LogP contribution < -0.4 is 32.2 Å². The fourth-order valence-electron chi connectivity index (χ4n) is 4.54. The lowest BCUT2D eigenvalue weighted by Crippen LogP contribution is -2.43. The van der Waals surface area contributed by atoms with Crippen LogP contribution in [0.1, 0.15) is 35.7 Å². The maximum atomic E-state index is 15.0. The molecule has 4 aromatic rings. The SMILES string of the molecule is CCc1cc(Nc2nccn3c(-c4ccc(OCC#N)c(F)c4F)cnc23)ccc1C(=O)NCCNC(=O)[C@@H](N)CCCN. The first-order valence-corrected chi connectivity index (χ1v) is 14.0. The Hall–Kier alpha value is -5.13. The second-order valence-electron chi connectivity index (χ2n) is 9.73. The molecule has 7 N–H and O–H groups in total. The van der Waals surface area contributed by atoms with E-state index in [9.17, 15) is 18.4 Å². The first-order valence-electron chi connectivity index (χ1n) is 14.0. The number of benzene rings is 2. The summed E-state index contributed by atoms with van der Waals surface area (Å²) >= 11 is 0. The van der Waals surface area contributed by atoms with Gasteiger partial charge >= 0.3 is 0 Å². The highest BCUT2D eigenvalue weighted by atomic mass is 19.2. The van der Waals surface area contributed by atoms with E-state index in [1.54, 1.807) is 28.8 Å². The van der Waals surface area contributed by atoms with Gasteiger partial charge < -0.3 is 32.2 Å². The topological polar surface area (TPSA) is 185 Å². The number of carbonyl (C=O) groups is 2. The maximum Gasteiger partial charge on any atom is 0.251 e. The highest BCUT2D eigenvalue weighted by Crippen LogP contribution is 2.32. The smallest absolute Gasteiger partial charge is 0.251 e. The van der Waals surface area contributed by atoms with Gasteiger partial charge in [0.05, 0.1) is 17.9 Å². The maximum absolute atomic E-state index is 15.0. The van der Waals surface area contributed by atoms with E-state index in [4.69, 9.17) is 21.5 Å². The molecule has 0 saturated carbocycles. The number of ether oxygens (including phenoxy) is 1. The molecule has 0 aliphatic rings. The Kier molecular flexibility index (Phi) is 10.7. The molecule has 2 aromatic carbocycles. The average Bonchev–Trinajstić information content (AvgIpc) is 3.47. The van der Waals surface area contributed by atoms with Crippen LogP contribution in [-0.2, 0) is 11.2 Å². The molecular formula is C30H33F2N9O3. The Morgan fingerprint density at radius 2 is 1.93 bits per heavy atom. The van der Waals surface area contributed by atoms with Crippen molar-refractivity contribution in [1.82, 2.24) is 25.0 Å². The quantitative estimate of drug-likeness (QED) is 0.135. The minimum Gasteiger partial charge on any atom is -0.476 e. The number of nitrogens with zero attached hydrogens (tertiary/aromatic N) is 4. The van der Waals surface area contributed by atoms with Crippen molar-refractivity contribution in [2.75, 3.05) is 31.6 Å². The van der Waals surface area contributed by atoms with Gasteiger partial charge in [0.2, 0.25) is 11.7 Å². The Balaban J connectivity index is 1.46. The fraction of sp³-hybridized carbons (Fsp3) is 0.300. The number of anilines is 2. The van der Waals surface area contributed by atoms with Crippen molar-refractivity contribution in [3.63, 3.8) is 0 Å². The van der Waals surface area contributed by atoms with Crippen molar-refractivity contribution < 1.29 is 23.1 Å². The van der Waals surface area contributed by atoms with Crippen molar-refractivity contribution in [3.05, 3.63) is 71.7 Å². The number of halogens is 2. The number of aromatic nitrogens is 3.